The normalized spacial score (nSPS) is 10.3. The number of nitrogens with one attached hydrogen (secondary N) is 1. The van der Waals surface area contributed by atoms with Crippen LogP contribution in [0.15, 0.2) is 41.0 Å². The van der Waals surface area contributed by atoms with Gasteiger partial charge in [-0.25, -0.2) is 4.39 Å². The summed E-state index contributed by atoms with van der Waals surface area (Å²) in [7, 11) is 0. The molecule has 0 saturated carbocycles. The zero-order valence-corrected chi connectivity index (χ0v) is 12.8. The standard InChI is InChI=1S/C15H16BrFN2O/c1-2-6-18-12-5-7-19-13(9-12)10-20-15-4-3-11(16)8-14(15)17/h3-5,7-9H,2,6,10H2,1H3,(H,18,19). The second kappa shape index (κ2) is 7.24. The summed E-state index contributed by atoms with van der Waals surface area (Å²) in [6.07, 6.45) is 2.77. The van der Waals surface area contributed by atoms with Gasteiger partial charge in [0.1, 0.15) is 6.61 Å². The first-order valence-corrected chi connectivity index (χ1v) is 7.25. The summed E-state index contributed by atoms with van der Waals surface area (Å²) in [5, 5.41) is 3.28. The van der Waals surface area contributed by atoms with Gasteiger partial charge >= 0.3 is 0 Å². The van der Waals surface area contributed by atoms with Crippen LogP contribution in [0.1, 0.15) is 19.0 Å². The highest BCUT2D eigenvalue weighted by Gasteiger charge is 2.05. The van der Waals surface area contributed by atoms with E-state index in [9.17, 15) is 4.39 Å². The molecule has 1 heterocycles. The van der Waals surface area contributed by atoms with Crippen LogP contribution in [0.5, 0.6) is 5.75 Å². The number of benzene rings is 1. The number of rotatable bonds is 6. The van der Waals surface area contributed by atoms with Crippen molar-refractivity contribution in [2.24, 2.45) is 0 Å². The van der Waals surface area contributed by atoms with Crippen molar-refractivity contribution in [3.05, 3.63) is 52.5 Å². The van der Waals surface area contributed by atoms with E-state index < -0.39 is 0 Å². The molecule has 0 aliphatic rings. The molecule has 106 valence electrons. The minimum Gasteiger partial charge on any atom is -0.484 e. The van der Waals surface area contributed by atoms with Gasteiger partial charge in [0.25, 0.3) is 0 Å². The fourth-order valence-corrected chi connectivity index (χ4v) is 2.01. The fraction of sp³-hybridized carbons (Fsp3) is 0.267. The molecule has 5 heteroatoms. The van der Waals surface area contributed by atoms with Crippen LogP contribution in [0.3, 0.4) is 0 Å². The lowest BCUT2D eigenvalue weighted by atomic mass is 10.3. The van der Waals surface area contributed by atoms with E-state index in [4.69, 9.17) is 4.74 Å². The molecule has 2 rings (SSSR count). The highest BCUT2D eigenvalue weighted by Crippen LogP contribution is 2.22. The van der Waals surface area contributed by atoms with E-state index in [0.29, 0.717) is 4.47 Å². The van der Waals surface area contributed by atoms with Crippen molar-refractivity contribution in [2.45, 2.75) is 20.0 Å². The highest BCUT2D eigenvalue weighted by atomic mass is 79.9. The van der Waals surface area contributed by atoms with E-state index in [1.54, 1.807) is 18.3 Å². The van der Waals surface area contributed by atoms with E-state index >= 15 is 0 Å². The Bertz CT molecular complexity index is 578. The molecule has 0 radical (unpaired) electrons. The van der Waals surface area contributed by atoms with Gasteiger partial charge in [-0.1, -0.05) is 22.9 Å². The van der Waals surface area contributed by atoms with Crippen molar-refractivity contribution >= 4 is 21.6 Å². The summed E-state index contributed by atoms with van der Waals surface area (Å²) in [6.45, 7) is 3.25. The van der Waals surface area contributed by atoms with Gasteiger partial charge in [0.2, 0.25) is 0 Å². The van der Waals surface area contributed by atoms with Crippen molar-refractivity contribution < 1.29 is 9.13 Å². The number of halogens is 2. The van der Waals surface area contributed by atoms with Crippen LogP contribution in [0.2, 0.25) is 0 Å². The number of hydrogen-bond donors (Lipinski definition) is 1. The zero-order chi connectivity index (χ0) is 14.4. The Hall–Kier alpha value is -1.62. The monoisotopic (exact) mass is 338 g/mol. The second-order valence-corrected chi connectivity index (χ2v) is 5.24. The van der Waals surface area contributed by atoms with Crippen molar-refractivity contribution in [2.75, 3.05) is 11.9 Å². The van der Waals surface area contributed by atoms with Crippen molar-refractivity contribution in [1.82, 2.24) is 4.98 Å². The highest BCUT2D eigenvalue weighted by molar-refractivity contribution is 9.10. The number of anilines is 1. The van der Waals surface area contributed by atoms with Gasteiger partial charge < -0.3 is 10.1 Å². The summed E-state index contributed by atoms with van der Waals surface area (Å²) in [4.78, 5) is 4.21. The van der Waals surface area contributed by atoms with Gasteiger partial charge in [0, 0.05) is 22.9 Å². The van der Waals surface area contributed by atoms with Gasteiger partial charge in [0.05, 0.1) is 5.69 Å². The Balaban J connectivity index is 1.99. The first-order valence-electron chi connectivity index (χ1n) is 6.45. The van der Waals surface area contributed by atoms with Crippen LogP contribution in [0.4, 0.5) is 10.1 Å². The Kier molecular flexibility index (Phi) is 5.35. The Morgan fingerprint density at radius 1 is 1.30 bits per heavy atom. The first-order chi connectivity index (χ1) is 9.69. The minimum atomic E-state index is -0.389. The Morgan fingerprint density at radius 2 is 2.15 bits per heavy atom. The first kappa shape index (κ1) is 14.8. The van der Waals surface area contributed by atoms with E-state index in [1.165, 1.54) is 6.07 Å². The molecule has 0 unspecified atom stereocenters. The maximum Gasteiger partial charge on any atom is 0.166 e. The molecule has 0 bridgehead atoms. The van der Waals surface area contributed by atoms with Crippen molar-refractivity contribution in [3.8, 4) is 5.75 Å². The predicted molar refractivity (Wildman–Crippen MR) is 81.4 cm³/mol. The third-order valence-corrected chi connectivity index (χ3v) is 3.16. The van der Waals surface area contributed by atoms with Crippen LogP contribution in [-0.2, 0) is 6.61 Å². The molecule has 0 amide bonds. The summed E-state index contributed by atoms with van der Waals surface area (Å²) < 4.78 is 19.7. The lowest BCUT2D eigenvalue weighted by Gasteiger charge is -2.09. The molecule has 0 saturated heterocycles. The van der Waals surface area contributed by atoms with E-state index in [0.717, 1.165) is 24.3 Å². The Morgan fingerprint density at radius 3 is 2.90 bits per heavy atom. The fourth-order valence-electron chi connectivity index (χ4n) is 1.68. The molecule has 20 heavy (non-hydrogen) atoms. The quantitative estimate of drug-likeness (QED) is 0.848. The summed E-state index contributed by atoms with van der Waals surface area (Å²) >= 11 is 3.21. The number of nitrogens with zero attached hydrogens (tertiary/aromatic N) is 1. The molecule has 1 N–H and O–H groups in total. The molecule has 0 atom stereocenters. The van der Waals surface area contributed by atoms with E-state index in [1.807, 2.05) is 12.1 Å². The van der Waals surface area contributed by atoms with Gasteiger partial charge in [-0.15, -0.1) is 0 Å². The molecule has 0 aliphatic carbocycles. The van der Waals surface area contributed by atoms with Crippen molar-refractivity contribution in [3.63, 3.8) is 0 Å². The van der Waals surface area contributed by atoms with Gasteiger partial charge in [-0.2, -0.15) is 0 Å². The number of pyridine rings is 1. The van der Waals surface area contributed by atoms with E-state index in [2.05, 4.69) is 33.2 Å². The molecule has 2 aromatic rings. The average molecular weight is 339 g/mol. The minimum absolute atomic E-state index is 0.224. The smallest absolute Gasteiger partial charge is 0.166 e. The maximum atomic E-state index is 13.6. The molecule has 0 fully saturated rings. The molecular formula is C15H16BrFN2O. The second-order valence-electron chi connectivity index (χ2n) is 4.33. The molecule has 1 aromatic carbocycles. The average Bonchev–Trinajstić information content (AvgIpc) is 2.45. The lowest BCUT2D eigenvalue weighted by Crippen LogP contribution is -2.03. The molecule has 0 aliphatic heterocycles. The van der Waals surface area contributed by atoms with Crippen LogP contribution in [0, 0.1) is 5.82 Å². The van der Waals surface area contributed by atoms with Crippen LogP contribution >= 0.6 is 15.9 Å². The number of hydrogen-bond acceptors (Lipinski definition) is 3. The topological polar surface area (TPSA) is 34.2 Å². The maximum absolute atomic E-state index is 13.6. The zero-order valence-electron chi connectivity index (χ0n) is 11.2. The molecule has 1 aromatic heterocycles. The van der Waals surface area contributed by atoms with Crippen LogP contribution in [0.25, 0.3) is 0 Å². The van der Waals surface area contributed by atoms with Gasteiger partial charge in [-0.05, 0) is 36.8 Å². The Labute approximate surface area is 126 Å². The van der Waals surface area contributed by atoms with Crippen molar-refractivity contribution in [1.29, 1.82) is 0 Å². The summed E-state index contributed by atoms with van der Waals surface area (Å²) in [5.41, 5.74) is 1.75. The number of aromatic nitrogens is 1. The van der Waals surface area contributed by atoms with Gasteiger partial charge in [0.15, 0.2) is 11.6 Å². The summed E-state index contributed by atoms with van der Waals surface area (Å²) in [5.74, 6) is -0.165. The van der Waals surface area contributed by atoms with Crippen LogP contribution in [-0.4, -0.2) is 11.5 Å². The largest absolute Gasteiger partial charge is 0.484 e. The molecular weight excluding hydrogens is 323 g/mol. The third kappa shape index (κ3) is 4.20. The number of ether oxygens (including phenoxy) is 1. The summed E-state index contributed by atoms with van der Waals surface area (Å²) in [6, 6.07) is 8.53. The van der Waals surface area contributed by atoms with Crippen LogP contribution < -0.4 is 10.1 Å². The SMILES string of the molecule is CCCNc1ccnc(COc2ccc(Br)cc2F)c1. The third-order valence-electron chi connectivity index (χ3n) is 2.67. The predicted octanol–water partition coefficient (Wildman–Crippen LogP) is 4.38. The lowest BCUT2D eigenvalue weighted by molar-refractivity contribution is 0.286. The van der Waals surface area contributed by atoms with Gasteiger partial charge in [-0.3, -0.25) is 4.98 Å². The molecule has 3 nitrogen and oxygen atoms in total. The molecule has 0 spiro atoms. The van der Waals surface area contributed by atoms with E-state index in [-0.39, 0.29) is 18.2 Å².